The number of carbonyl (C=O) groups is 3. The molecule has 0 radical (unpaired) electrons. The monoisotopic (exact) mass is 745 g/mol. The topological polar surface area (TPSA) is 78.9 Å². The Morgan fingerprint density at radius 2 is 0.736 bits per heavy atom. The molecule has 1 unspecified atom stereocenters. The van der Waals surface area contributed by atoms with Gasteiger partial charge in [-0.25, -0.2) is 0 Å². The normalized spacial score (nSPS) is 12.3. The molecule has 6 heteroatoms. The zero-order chi connectivity index (χ0) is 38.7. The Kier molecular flexibility index (Phi) is 40.5. The molecule has 0 aliphatic carbocycles. The molecule has 0 saturated heterocycles. The number of esters is 3. The van der Waals surface area contributed by atoms with Crippen molar-refractivity contribution in [3.63, 3.8) is 0 Å². The zero-order valence-electron chi connectivity index (χ0n) is 35.0. The van der Waals surface area contributed by atoms with Gasteiger partial charge in [-0.1, -0.05) is 192 Å². The van der Waals surface area contributed by atoms with Gasteiger partial charge in [0.2, 0.25) is 0 Å². The van der Waals surface area contributed by atoms with E-state index in [4.69, 9.17) is 14.2 Å². The summed E-state index contributed by atoms with van der Waals surface area (Å²) in [6.45, 7) is 6.44. The molecule has 0 saturated carbocycles. The zero-order valence-corrected chi connectivity index (χ0v) is 35.0. The molecule has 0 fully saturated rings. The highest BCUT2D eigenvalue weighted by atomic mass is 16.6. The highest BCUT2D eigenvalue weighted by Gasteiger charge is 2.19. The number of unbranched alkanes of at least 4 members (excludes halogenated alkanes) is 23. The molecular weight excluding hydrogens is 661 g/mol. The Morgan fingerprint density at radius 3 is 1.15 bits per heavy atom. The average Bonchev–Trinajstić information content (AvgIpc) is 3.15. The third-order valence-corrected chi connectivity index (χ3v) is 9.66. The lowest BCUT2D eigenvalue weighted by Gasteiger charge is -2.18. The summed E-state index contributed by atoms with van der Waals surface area (Å²) in [6.07, 6.45) is 47.2. The van der Waals surface area contributed by atoms with Crippen molar-refractivity contribution in [3.05, 3.63) is 36.5 Å². The second kappa shape index (κ2) is 42.4. The molecule has 53 heavy (non-hydrogen) atoms. The first-order chi connectivity index (χ1) is 26.0. The van der Waals surface area contributed by atoms with Gasteiger partial charge in [-0.3, -0.25) is 14.4 Å². The van der Waals surface area contributed by atoms with Crippen LogP contribution >= 0.6 is 0 Å². The van der Waals surface area contributed by atoms with Crippen LogP contribution in [0.3, 0.4) is 0 Å². The highest BCUT2D eigenvalue weighted by molar-refractivity contribution is 5.71. The fourth-order valence-corrected chi connectivity index (χ4v) is 6.28. The van der Waals surface area contributed by atoms with Crippen LogP contribution in [0.15, 0.2) is 36.5 Å². The molecule has 0 heterocycles. The van der Waals surface area contributed by atoms with Crippen LogP contribution in [0.5, 0.6) is 0 Å². The molecule has 0 amide bonds. The second-order valence-corrected chi connectivity index (χ2v) is 14.9. The molecule has 0 spiro atoms. The lowest BCUT2D eigenvalue weighted by Crippen LogP contribution is -2.30. The SMILES string of the molecule is CC/C=C\C/C=C\C/C=C\CCCCCC(=O)OC(COC(=O)CCCCCCCC)COC(=O)CCCCCCCCCCCCCCCCCC. The highest BCUT2D eigenvalue weighted by Crippen LogP contribution is 2.15. The third kappa shape index (κ3) is 40.6. The standard InChI is InChI=1S/C47H84O6/c1-4-7-10-13-16-18-20-22-23-24-26-27-29-31-34-37-40-46(49)52-43-44(42-51-45(48)39-36-33-15-12-9-6-3)53-47(50)41-38-35-32-30-28-25-21-19-17-14-11-8-5-2/h8,11,17,19,25,28,44H,4-7,9-10,12-16,18,20-24,26-27,29-43H2,1-3H3/b11-8-,19-17-,28-25-. The fourth-order valence-electron chi connectivity index (χ4n) is 6.28. The maximum Gasteiger partial charge on any atom is 0.306 e. The van der Waals surface area contributed by atoms with Crippen LogP contribution in [-0.4, -0.2) is 37.2 Å². The minimum absolute atomic E-state index is 0.0815. The predicted molar refractivity (Wildman–Crippen MR) is 224 cm³/mol. The summed E-state index contributed by atoms with van der Waals surface area (Å²) in [5.74, 6) is -0.918. The van der Waals surface area contributed by atoms with Gasteiger partial charge in [-0.05, 0) is 51.4 Å². The Bertz CT molecular complexity index is 907. The van der Waals surface area contributed by atoms with Crippen LogP contribution in [-0.2, 0) is 28.6 Å². The van der Waals surface area contributed by atoms with E-state index in [2.05, 4.69) is 57.2 Å². The third-order valence-electron chi connectivity index (χ3n) is 9.66. The Labute approximate surface area is 327 Å². The molecule has 308 valence electrons. The van der Waals surface area contributed by atoms with Gasteiger partial charge in [0.05, 0.1) is 0 Å². The summed E-state index contributed by atoms with van der Waals surface area (Å²) in [5.41, 5.74) is 0. The quantitative estimate of drug-likeness (QED) is 0.0269. The van der Waals surface area contributed by atoms with Crippen molar-refractivity contribution in [2.75, 3.05) is 13.2 Å². The average molecular weight is 745 g/mol. The van der Waals surface area contributed by atoms with E-state index in [1.54, 1.807) is 0 Å². The molecule has 0 rings (SSSR count). The first-order valence-corrected chi connectivity index (χ1v) is 22.5. The molecule has 0 aliphatic heterocycles. The van der Waals surface area contributed by atoms with Crippen molar-refractivity contribution in [2.24, 2.45) is 0 Å². The van der Waals surface area contributed by atoms with Gasteiger partial charge in [0.1, 0.15) is 13.2 Å². The van der Waals surface area contributed by atoms with Crippen molar-refractivity contribution in [2.45, 2.75) is 232 Å². The largest absolute Gasteiger partial charge is 0.462 e. The molecule has 0 aromatic heterocycles. The van der Waals surface area contributed by atoms with Gasteiger partial charge in [0, 0.05) is 19.3 Å². The van der Waals surface area contributed by atoms with Crippen LogP contribution in [0.1, 0.15) is 226 Å². The van der Waals surface area contributed by atoms with Crippen LogP contribution in [0.25, 0.3) is 0 Å². The fraction of sp³-hybridized carbons (Fsp3) is 0.809. The summed E-state index contributed by atoms with van der Waals surface area (Å²) in [6, 6.07) is 0. The van der Waals surface area contributed by atoms with Crippen LogP contribution in [0.4, 0.5) is 0 Å². The summed E-state index contributed by atoms with van der Waals surface area (Å²) in [4.78, 5) is 37.5. The van der Waals surface area contributed by atoms with Gasteiger partial charge in [-0.15, -0.1) is 0 Å². The number of hydrogen-bond donors (Lipinski definition) is 0. The van der Waals surface area contributed by atoms with Crippen LogP contribution in [0, 0.1) is 0 Å². The predicted octanol–water partition coefficient (Wildman–Crippen LogP) is 14.2. The number of hydrogen-bond acceptors (Lipinski definition) is 6. The molecular formula is C47H84O6. The summed E-state index contributed by atoms with van der Waals surface area (Å²) in [7, 11) is 0. The first kappa shape index (κ1) is 50.6. The van der Waals surface area contributed by atoms with E-state index >= 15 is 0 Å². The summed E-state index contributed by atoms with van der Waals surface area (Å²) < 4.78 is 16.6. The molecule has 0 bridgehead atoms. The van der Waals surface area contributed by atoms with Crippen LogP contribution in [0.2, 0.25) is 0 Å². The van der Waals surface area contributed by atoms with E-state index < -0.39 is 6.10 Å². The molecule has 0 aliphatic rings. The van der Waals surface area contributed by atoms with Gasteiger partial charge in [0.25, 0.3) is 0 Å². The lowest BCUT2D eigenvalue weighted by atomic mass is 10.0. The van der Waals surface area contributed by atoms with E-state index in [0.29, 0.717) is 19.3 Å². The number of ether oxygens (including phenoxy) is 3. The number of carbonyl (C=O) groups excluding carboxylic acids is 3. The van der Waals surface area contributed by atoms with Gasteiger partial charge in [0.15, 0.2) is 6.10 Å². The van der Waals surface area contributed by atoms with Gasteiger partial charge < -0.3 is 14.2 Å². The van der Waals surface area contributed by atoms with Crippen molar-refractivity contribution in [3.8, 4) is 0 Å². The number of allylic oxidation sites excluding steroid dienone is 6. The van der Waals surface area contributed by atoms with Gasteiger partial charge in [-0.2, -0.15) is 0 Å². The van der Waals surface area contributed by atoms with E-state index in [9.17, 15) is 14.4 Å². The van der Waals surface area contributed by atoms with E-state index in [0.717, 1.165) is 83.5 Å². The second-order valence-electron chi connectivity index (χ2n) is 14.9. The van der Waals surface area contributed by atoms with Gasteiger partial charge >= 0.3 is 17.9 Å². The maximum atomic E-state index is 12.6. The van der Waals surface area contributed by atoms with Crippen molar-refractivity contribution < 1.29 is 28.6 Å². The van der Waals surface area contributed by atoms with E-state index in [-0.39, 0.29) is 31.1 Å². The Morgan fingerprint density at radius 1 is 0.396 bits per heavy atom. The van der Waals surface area contributed by atoms with Crippen molar-refractivity contribution in [1.29, 1.82) is 0 Å². The van der Waals surface area contributed by atoms with E-state index in [1.165, 1.54) is 103 Å². The summed E-state index contributed by atoms with van der Waals surface area (Å²) in [5, 5.41) is 0. The Balaban J connectivity index is 4.27. The molecule has 6 nitrogen and oxygen atoms in total. The lowest BCUT2D eigenvalue weighted by molar-refractivity contribution is -0.167. The minimum atomic E-state index is -0.779. The van der Waals surface area contributed by atoms with E-state index in [1.807, 2.05) is 0 Å². The smallest absolute Gasteiger partial charge is 0.306 e. The first-order valence-electron chi connectivity index (χ1n) is 22.5. The van der Waals surface area contributed by atoms with Crippen LogP contribution < -0.4 is 0 Å². The number of rotatable bonds is 40. The molecule has 0 aromatic carbocycles. The Hall–Kier alpha value is -2.37. The minimum Gasteiger partial charge on any atom is -0.462 e. The maximum absolute atomic E-state index is 12.6. The van der Waals surface area contributed by atoms with Crippen molar-refractivity contribution >= 4 is 17.9 Å². The molecule has 0 aromatic rings. The molecule has 0 N–H and O–H groups in total. The summed E-state index contributed by atoms with van der Waals surface area (Å²) >= 11 is 0. The van der Waals surface area contributed by atoms with Crippen molar-refractivity contribution in [1.82, 2.24) is 0 Å². The molecule has 1 atom stereocenters.